The van der Waals surface area contributed by atoms with E-state index in [4.69, 9.17) is 4.42 Å². The predicted molar refractivity (Wildman–Crippen MR) is 87.6 cm³/mol. The number of rotatable bonds is 3. The first kappa shape index (κ1) is 14.6. The summed E-state index contributed by atoms with van der Waals surface area (Å²) in [6, 6.07) is 14.6. The molecule has 2 heterocycles. The largest absolute Gasteiger partial charge is 0.458 e. The molecule has 0 atom stereocenters. The van der Waals surface area contributed by atoms with E-state index in [1.165, 1.54) is 18.2 Å². The van der Waals surface area contributed by atoms with Crippen molar-refractivity contribution in [2.24, 2.45) is 0 Å². The van der Waals surface area contributed by atoms with Crippen LogP contribution in [0.15, 0.2) is 59.0 Å². The Morgan fingerprint density at radius 3 is 2.62 bits per heavy atom. The van der Waals surface area contributed by atoms with Crippen LogP contribution in [0, 0.1) is 18.6 Å². The highest BCUT2D eigenvalue weighted by Crippen LogP contribution is 2.28. The Balaban J connectivity index is 1.93. The molecule has 2 aromatic heterocycles. The Hall–Kier alpha value is -2.95. The van der Waals surface area contributed by atoms with Crippen LogP contribution in [-0.4, -0.2) is 9.55 Å². The van der Waals surface area contributed by atoms with E-state index in [1.54, 1.807) is 28.8 Å². The highest BCUT2D eigenvalue weighted by atomic mass is 19.1. The van der Waals surface area contributed by atoms with E-state index >= 15 is 0 Å². The van der Waals surface area contributed by atoms with Crippen molar-refractivity contribution in [1.82, 2.24) is 9.55 Å². The molecule has 5 heteroatoms. The smallest absolute Gasteiger partial charge is 0.177 e. The molecule has 0 saturated heterocycles. The van der Waals surface area contributed by atoms with E-state index < -0.39 is 0 Å². The van der Waals surface area contributed by atoms with Gasteiger partial charge in [0.2, 0.25) is 0 Å². The lowest BCUT2D eigenvalue weighted by atomic mass is 10.2. The molecule has 120 valence electrons. The third-order valence-electron chi connectivity index (χ3n) is 3.96. The summed E-state index contributed by atoms with van der Waals surface area (Å²) in [5, 5.41) is 0. The van der Waals surface area contributed by atoms with Crippen LogP contribution in [0.1, 0.15) is 11.3 Å². The second-order valence-corrected chi connectivity index (χ2v) is 5.66. The van der Waals surface area contributed by atoms with Crippen LogP contribution in [0.3, 0.4) is 0 Å². The average molecular weight is 324 g/mol. The minimum Gasteiger partial charge on any atom is -0.458 e. The Kier molecular flexibility index (Phi) is 3.41. The Bertz CT molecular complexity index is 1030. The van der Waals surface area contributed by atoms with E-state index in [2.05, 4.69) is 4.98 Å². The van der Waals surface area contributed by atoms with Gasteiger partial charge in [-0.05, 0) is 43.3 Å². The molecular formula is C19H14F2N2O. The lowest BCUT2D eigenvalue weighted by molar-refractivity contribution is 0.539. The van der Waals surface area contributed by atoms with Crippen molar-refractivity contribution in [2.45, 2.75) is 13.5 Å². The summed E-state index contributed by atoms with van der Waals surface area (Å²) in [7, 11) is 0. The van der Waals surface area contributed by atoms with Crippen LogP contribution < -0.4 is 0 Å². The number of aryl methyl sites for hydroxylation is 1. The molecule has 0 amide bonds. The van der Waals surface area contributed by atoms with Crippen molar-refractivity contribution in [3.63, 3.8) is 0 Å². The van der Waals surface area contributed by atoms with Crippen LogP contribution in [0.25, 0.3) is 22.6 Å². The summed E-state index contributed by atoms with van der Waals surface area (Å²) in [5.41, 5.74) is 1.74. The molecule has 0 spiro atoms. The number of halogens is 2. The maximum absolute atomic E-state index is 14.1. The average Bonchev–Trinajstić information content (AvgIpc) is 3.14. The van der Waals surface area contributed by atoms with E-state index in [0.29, 0.717) is 28.2 Å². The first-order valence-corrected chi connectivity index (χ1v) is 7.58. The molecule has 2 aromatic carbocycles. The molecule has 4 aromatic rings. The molecule has 0 aliphatic carbocycles. The van der Waals surface area contributed by atoms with Crippen molar-refractivity contribution < 1.29 is 13.2 Å². The summed E-state index contributed by atoms with van der Waals surface area (Å²) >= 11 is 0. The number of nitrogens with zero attached hydrogens (tertiary/aromatic N) is 2. The molecule has 0 saturated carbocycles. The molecule has 0 bridgehead atoms. The lowest BCUT2D eigenvalue weighted by Crippen LogP contribution is -2.04. The summed E-state index contributed by atoms with van der Waals surface area (Å²) in [6.07, 6.45) is 0. The fourth-order valence-electron chi connectivity index (χ4n) is 2.80. The van der Waals surface area contributed by atoms with Crippen molar-refractivity contribution in [2.75, 3.05) is 0 Å². The standard InChI is InChI=1S/C19H14F2N2O/c1-12-6-9-18(24-12)19-22-16-8-7-14(20)10-17(16)23(19)11-13-4-2-3-5-15(13)21/h2-10H,11H2,1H3. The van der Waals surface area contributed by atoms with Crippen LogP contribution in [-0.2, 0) is 6.54 Å². The van der Waals surface area contributed by atoms with Crippen molar-refractivity contribution in [1.29, 1.82) is 0 Å². The van der Waals surface area contributed by atoms with Gasteiger partial charge in [0.25, 0.3) is 0 Å². The monoisotopic (exact) mass is 324 g/mol. The molecule has 0 N–H and O–H groups in total. The first-order chi connectivity index (χ1) is 11.6. The van der Waals surface area contributed by atoms with Gasteiger partial charge < -0.3 is 8.98 Å². The molecule has 0 fully saturated rings. The topological polar surface area (TPSA) is 31.0 Å². The second-order valence-electron chi connectivity index (χ2n) is 5.66. The Labute approximate surface area is 137 Å². The molecule has 0 radical (unpaired) electrons. The van der Waals surface area contributed by atoms with Crippen LogP contribution in [0.4, 0.5) is 8.78 Å². The zero-order valence-corrected chi connectivity index (χ0v) is 13.0. The molecule has 0 aliphatic heterocycles. The van der Waals surface area contributed by atoms with Gasteiger partial charge in [0.1, 0.15) is 17.4 Å². The molecule has 0 aliphatic rings. The van der Waals surface area contributed by atoms with Gasteiger partial charge >= 0.3 is 0 Å². The maximum Gasteiger partial charge on any atom is 0.177 e. The minimum atomic E-state index is -0.362. The predicted octanol–water partition coefficient (Wildman–Crippen LogP) is 4.93. The van der Waals surface area contributed by atoms with Gasteiger partial charge in [-0.3, -0.25) is 0 Å². The molecule has 3 nitrogen and oxygen atoms in total. The van der Waals surface area contributed by atoms with E-state index in [9.17, 15) is 8.78 Å². The van der Waals surface area contributed by atoms with E-state index in [1.807, 2.05) is 19.1 Å². The maximum atomic E-state index is 14.1. The number of benzene rings is 2. The number of imidazole rings is 1. The van der Waals surface area contributed by atoms with Gasteiger partial charge in [-0.25, -0.2) is 13.8 Å². The molecule has 4 rings (SSSR count). The summed E-state index contributed by atoms with van der Waals surface area (Å²) < 4.78 is 35.2. The van der Waals surface area contributed by atoms with Crippen LogP contribution >= 0.6 is 0 Å². The second kappa shape index (κ2) is 5.60. The van der Waals surface area contributed by atoms with Gasteiger partial charge in [0.05, 0.1) is 17.6 Å². The number of hydrogen-bond donors (Lipinski definition) is 0. The van der Waals surface area contributed by atoms with Gasteiger partial charge in [-0.1, -0.05) is 18.2 Å². The van der Waals surface area contributed by atoms with Gasteiger partial charge in [-0.15, -0.1) is 0 Å². The number of fused-ring (bicyclic) bond motifs is 1. The molecule has 24 heavy (non-hydrogen) atoms. The quantitative estimate of drug-likeness (QED) is 0.535. The summed E-state index contributed by atoms with van der Waals surface area (Å²) in [5.74, 6) is 1.20. The van der Waals surface area contributed by atoms with Crippen molar-refractivity contribution >= 4 is 11.0 Å². The fraction of sp³-hybridized carbons (Fsp3) is 0.105. The van der Waals surface area contributed by atoms with Crippen LogP contribution in [0.5, 0.6) is 0 Å². The zero-order valence-electron chi connectivity index (χ0n) is 13.0. The van der Waals surface area contributed by atoms with Gasteiger partial charge in [0.15, 0.2) is 11.6 Å². The SMILES string of the molecule is Cc1ccc(-c2nc3ccc(F)cc3n2Cc2ccccc2F)o1. The van der Waals surface area contributed by atoms with Crippen molar-refractivity contribution in [3.8, 4) is 11.6 Å². The highest BCUT2D eigenvalue weighted by molar-refractivity contribution is 5.80. The third-order valence-corrected chi connectivity index (χ3v) is 3.96. The van der Waals surface area contributed by atoms with Crippen molar-refractivity contribution in [3.05, 3.63) is 77.6 Å². The third kappa shape index (κ3) is 2.48. The Morgan fingerprint density at radius 1 is 1.04 bits per heavy atom. The summed E-state index contributed by atoms with van der Waals surface area (Å²) in [4.78, 5) is 4.54. The first-order valence-electron chi connectivity index (χ1n) is 7.58. The molecule has 0 unspecified atom stereocenters. The normalized spacial score (nSPS) is 11.3. The highest BCUT2D eigenvalue weighted by Gasteiger charge is 2.17. The summed E-state index contributed by atoms with van der Waals surface area (Å²) in [6.45, 7) is 2.08. The zero-order chi connectivity index (χ0) is 16.7. The van der Waals surface area contributed by atoms with Gasteiger partial charge in [0, 0.05) is 5.56 Å². The number of hydrogen-bond acceptors (Lipinski definition) is 2. The number of aromatic nitrogens is 2. The minimum absolute atomic E-state index is 0.238. The van der Waals surface area contributed by atoms with Crippen LogP contribution in [0.2, 0.25) is 0 Å². The molecular weight excluding hydrogens is 310 g/mol. The fourth-order valence-corrected chi connectivity index (χ4v) is 2.80. The van der Waals surface area contributed by atoms with E-state index in [0.717, 1.165) is 5.76 Å². The van der Waals surface area contributed by atoms with E-state index in [-0.39, 0.29) is 18.2 Å². The Morgan fingerprint density at radius 2 is 1.88 bits per heavy atom. The van der Waals surface area contributed by atoms with Gasteiger partial charge in [-0.2, -0.15) is 0 Å². The number of furan rings is 1. The lowest BCUT2D eigenvalue weighted by Gasteiger charge is -2.09.